The van der Waals surface area contributed by atoms with Gasteiger partial charge in [0.25, 0.3) is 5.69 Å². The van der Waals surface area contributed by atoms with Gasteiger partial charge in [-0.2, -0.15) is 0 Å². The Morgan fingerprint density at radius 1 is 1.30 bits per heavy atom. The van der Waals surface area contributed by atoms with Crippen molar-refractivity contribution in [2.75, 3.05) is 5.32 Å². The second kappa shape index (κ2) is 7.17. The SMILES string of the molecule is O=C(O)CCCCC(=O)Nc1cc([N+](=O)[O-])ccc1F. The van der Waals surface area contributed by atoms with E-state index in [-0.39, 0.29) is 24.2 Å². The zero-order chi connectivity index (χ0) is 15.1. The highest BCUT2D eigenvalue weighted by Crippen LogP contribution is 2.21. The van der Waals surface area contributed by atoms with Crippen LogP contribution < -0.4 is 5.32 Å². The lowest BCUT2D eigenvalue weighted by Gasteiger charge is -2.06. The second-order valence-corrected chi connectivity index (χ2v) is 4.07. The molecule has 0 saturated carbocycles. The monoisotopic (exact) mass is 284 g/mol. The van der Waals surface area contributed by atoms with Crippen molar-refractivity contribution in [2.24, 2.45) is 0 Å². The van der Waals surface area contributed by atoms with Crippen LogP contribution in [0.1, 0.15) is 25.7 Å². The number of hydrogen-bond donors (Lipinski definition) is 2. The summed E-state index contributed by atoms with van der Waals surface area (Å²) in [5, 5.41) is 21.2. The molecule has 0 heterocycles. The van der Waals surface area contributed by atoms with E-state index in [4.69, 9.17) is 5.11 Å². The zero-order valence-corrected chi connectivity index (χ0v) is 10.5. The molecule has 0 aromatic heterocycles. The summed E-state index contributed by atoms with van der Waals surface area (Å²) in [4.78, 5) is 31.6. The van der Waals surface area contributed by atoms with Gasteiger partial charge in [0.15, 0.2) is 0 Å². The number of carbonyl (C=O) groups excluding carboxylic acids is 1. The van der Waals surface area contributed by atoms with E-state index in [1.54, 1.807) is 0 Å². The van der Waals surface area contributed by atoms with E-state index in [2.05, 4.69) is 5.32 Å². The molecular weight excluding hydrogens is 271 g/mol. The topological polar surface area (TPSA) is 110 Å². The Bertz CT molecular complexity index is 533. The van der Waals surface area contributed by atoms with Gasteiger partial charge in [-0.25, -0.2) is 4.39 Å². The number of aliphatic carboxylic acids is 1. The number of non-ortho nitro benzene ring substituents is 1. The van der Waals surface area contributed by atoms with Crippen LogP contribution in [0.15, 0.2) is 18.2 Å². The smallest absolute Gasteiger partial charge is 0.303 e. The first-order valence-corrected chi connectivity index (χ1v) is 5.85. The molecule has 0 radical (unpaired) electrons. The van der Waals surface area contributed by atoms with Gasteiger partial charge in [-0.05, 0) is 18.9 Å². The Balaban J connectivity index is 2.55. The van der Waals surface area contributed by atoms with Crippen molar-refractivity contribution >= 4 is 23.3 Å². The van der Waals surface area contributed by atoms with Crippen molar-refractivity contribution in [1.82, 2.24) is 0 Å². The molecule has 0 unspecified atom stereocenters. The van der Waals surface area contributed by atoms with E-state index in [1.165, 1.54) is 0 Å². The van der Waals surface area contributed by atoms with Crippen LogP contribution in [-0.2, 0) is 9.59 Å². The maximum atomic E-state index is 13.4. The number of hydrogen-bond acceptors (Lipinski definition) is 4. The molecule has 0 fully saturated rings. The highest BCUT2D eigenvalue weighted by Gasteiger charge is 2.13. The molecular formula is C12H13FN2O5. The maximum absolute atomic E-state index is 13.4. The number of carboxylic acids is 1. The average Bonchev–Trinajstić information content (AvgIpc) is 2.37. The molecule has 20 heavy (non-hydrogen) atoms. The summed E-state index contributed by atoms with van der Waals surface area (Å²) in [5.74, 6) is -2.24. The summed E-state index contributed by atoms with van der Waals surface area (Å²) in [7, 11) is 0. The van der Waals surface area contributed by atoms with E-state index in [1.807, 2.05) is 0 Å². The minimum atomic E-state index is -0.949. The quantitative estimate of drug-likeness (QED) is 0.453. The average molecular weight is 284 g/mol. The highest BCUT2D eigenvalue weighted by atomic mass is 19.1. The summed E-state index contributed by atoms with van der Waals surface area (Å²) in [6.07, 6.45) is 0.655. The van der Waals surface area contributed by atoms with Gasteiger partial charge in [-0.1, -0.05) is 0 Å². The number of anilines is 1. The number of nitro benzene ring substituents is 1. The van der Waals surface area contributed by atoms with Crippen LogP contribution in [0, 0.1) is 15.9 Å². The molecule has 1 aromatic carbocycles. The fraction of sp³-hybridized carbons (Fsp3) is 0.333. The molecule has 2 N–H and O–H groups in total. The molecule has 8 heteroatoms. The van der Waals surface area contributed by atoms with Gasteiger partial charge >= 0.3 is 5.97 Å². The molecule has 0 aliphatic heterocycles. The van der Waals surface area contributed by atoms with Crippen LogP contribution in [0.3, 0.4) is 0 Å². The van der Waals surface area contributed by atoms with Gasteiger partial charge in [0, 0.05) is 25.0 Å². The van der Waals surface area contributed by atoms with Crippen LogP contribution in [-0.4, -0.2) is 21.9 Å². The van der Waals surface area contributed by atoms with Crippen molar-refractivity contribution in [3.63, 3.8) is 0 Å². The first-order valence-electron chi connectivity index (χ1n) is 5.85. The Morgan fingerprint density at radius 2 is 1.95 bits per heavy atom. The number of nitro groups is 1. The third-order valence-corrected chi connectivity index (χ3v) is 2.48. The molecule has 0 bridgehead atoms. The summed E-state index contributed by atoms with van der Waals surface area (Å²) >= 11 is 0. The predicted molar refractivity (Wildman–Crippen MR) is 67.8 cm³/mol. The number of nitrogens with zero attached hydrogens (tertiary/aromatic N) is 1. The van der Waals surface area contributed by atoms with Crippen LogP contribution >= 0.6 is 0 Å². The lowest BCUT2D eigenvalue weighted by atomic mass is 10.2. The second-order valence-electron chi connectivity index (χ2n) is 4.07. The van der Waals surface area contributed by atoms with Crippen LogP contribution in [0.2, 0.25) is 0 Å². The molecule has 0 atom stereocenters. The number of amides is 1. The van der Waals surface area contributed by atoms with Crippen molar-refractivity contribution in [1.29, 1.82) is 0 Å². The van der Waals surface area contributed by atoms with Gasteiger partial charge < -0.3 is 10.4 Å². The first-order chi connectivity index (χ1) is 9.40. The van der Waals surface area contributed by atoms with E-state index in [0.717, 1.165) is 18.2 Å². The Morgan fingerprint density at radius 3 is 2.55 bits per heavy atom. The summed E-state index contributed by atoms with van der Waals surface area (Å²) < 4.78 is 13.4. The number of carboxylic acid groups (broad SMARTS) is 1. The number of carbonyl (C=O) groups is 2. The van der Waals surface area contributed by atoms with Gasteiger partial charge in [-0.15, -0.1) is 0 Å². The number of nitrogens with one attached hydrogen (secondary N) is 1. The van der Waals surface area contributed by atoms with E-state index >= 15 is 0 Å². The molecule has 0 aliphatic carbocycles. The highest BCUT2D eigenvalue weighted by molar-refractivity contribution is 5.91. The van der Waals surface area contributed by atoms with Crippen LogP contribution in [0.5, 0.6) is 0 Å². The standard InChI is InChI=1S/C12H13FN2O5/c13-9-6-5-8(15(19)20)7-10(9)14-11(16)3-1-2-4-12(17)18/h5-7H,1-4H2,(H,14,16)(H,17,18). The largest absolute Gasteiger partial charge is 0.481 e. The Labute approximate surface area is 113 Å². The molecule has 1 rings (SSSR count). The Hall–Kier alpha value is -2.51. The fourth-order valence-corrected chi connectivity index (χ4v) is 1.50. The van der Waals surface area contributed by atoms with E-state index < -0.39 is 22.6 Å². The summed E-state index contributed by atoms with van der Waals surface area (Å²) in [6.45, 7) is 0. The molecule has 7 nitrogen and oxygen atoms in total. The molecule has 1 aromatic rings. The molecule has 1 amide bonds. The van der Waals surface area contributed by atoms with Crippen molar-refractivity contribution in [2.45, 2.75) is 25.7 Å². The first kappa shape index (κ1) is 15.5. The van der Waals surface area contributed by atoms with Crippen LogP contribution in [0.4, 0.5) is 15.8 Å². The molecule has 108 valence electrons. The zero-order valence-electron chi connectivity index (χ0n) is 10.5. The summed E-state index contributed by atoms with van der Waals surface area (Å²) in [6, 6.07) is 2.83. The molecule has 0 aliphatic rings. The molecule has 0 saturated heterocycles. The third kappa shape index (κ3) is 5.01. The lowest BCUT2D eigenvalue weighted by molar-refractivity contribution is -0.384. The van der Waals surface area contributed by atoms with Crippen LogP contribution in [0.25, 0.3) is 0 Å². The van der Waals surface area contributed by atoms with E-state index in [9.17, 15) is 24.1 Å². The number of rotatable bonds is 7. The number of halogens is 1. The third-order valence-electron chi connectivity index (χ3n) is 2.48. The summed E-state index contributed by atoms with van der Waals surface area (Å²) in [5.41, 5.74) is -0.588. The van der Waals surface area contributed by atoms with Crippen molar-refractivity contribution in [3.8, 4) is 0 Å². The fourth-order valence-electron chi connectivity index (χ4n) is 1.50. The maximum Gasteiger partial charge on any atom is 0.303 e. The Kier molecular flexibility index (Phi) is 5.57. The van der Waals surface area contributed by atoms with Gasteiger partial charge in [0.1, 0.15) is 5.82 Å². The minimum Gasteiger partial charge on any atom is -0.481 e. The van der Waals surface area contributed by atoms with Gasteiger partial charge in [0.05, 0.1) is 10.6 Å². The minimum absolute atomic E-state index is 0.0232. The predicted octanol–water partition coefficient (Wildman–Crippen LogP) is 2.32. The number of unbranched alkanes of at least 4 members (excludes halogenated alkanes) is 1. The van der Waals surface area contributed by atoms with Gasteiger partial charge in [0.2, 0.25) is 5.91 Å². The van der Waals surface area contributed by atoms with Crippen molar-refractivity contribution < 1.29 is 24.0 Å². The number of benzene rings is 1. The normalized spacial score (nSPS) is 10.1. The molecule has 0 spiro atoms. The van der Waals surface area contributed by atoms with E-state index in [0.29, 0.717) is 12.8 Å². The lowest BCUT2D eigenvalue weighted by Crippen LogP contribution is -2.12. The van der Waals surface area contributed by atoms with Crippen molar-refractivity contribution in [3.05, 3.63) is 34.1 Å². The van der Waals surface area contributed by atoms with Gasteiger partial charge in [-0.3, -0.25) is 19.7 Å².